The van der Waals surface area contributed by atoms with Crippen molar-refractivity contribution in [2.24, 2.45) is 0 Å². The summed E-state index contributed by atoms with van der Waals surface area (Å²) in [7, 11) is 1.49. The highest BCUT2D eigenvalue weighted by molar-refractivity contribution is 5.66. The second kappa shape index (κ2) is 9.17. The lowest BCUT2D eigenvalue weighted by Gasteiger charge is -2.24. The Balaban J connectivity index is 1.73. The molecule has 0 saturated heterocycles. The van der Waals surface area contributed by atoms with Crippen LogP contribution in [0, 0.1) is 5.82 Å². The summed E-state index contributed by atoms with van der Waals surface area (Å²) < 4.78 is 19.8. The number of anilines is 2. The van der Waals surface area contributed by atoms with E-state index in [1.807, 2.05) is 41.3 Å². The lowest BCUT2D eigenvalue weighted by molar-refractivity contribution is 0.411. The number of aromatic nitrogens is 4. The highest BCUT2D eigenvalue weighted by atomic mass is 19.1. The number of methoxy groups -OCH3 is 1. The number of nitrogens with zero attached hydrogens (tertiary/aromatic N) is 5. The summed E-state index contributed by atoms with van der Waals surface area (Å²) in [6.45, 7) is 0.941. The molecule has 31 heavy (non-hydrogen) atoms. The average molecular weight is 416 g/mol. The van der Waals surface area contributed by atoms with Gasteiger partial charge in [0.05, 0.1) is 37.3 Å². The van der Waals surface area contributed by atoms with Gasteiger partial charge in [-0.15, -0.1) is 0 Å². The number of hydrogen-bond donors (Lipinski definition) is 1. The number of benzene rings is 1. The van der Waals surface area contributed by atoms with E-state index in [2.05, 4.69) is 19.9 Å². The number of halogens is 1. The van der Waals surface area contributed by atoms with Gasteiger partial charge in [-0.3, -0.25) is 9.97 Å². The Morgan fingerprint density at radius 3 is 2.13 bits per heavy atom. The molecule has 3 heterocycles. The molecule has 0 amide bonds. The number of rotatable bonds is 7. The molecule has 0 aliphatic rings. The molecule has 4 rings (SSSR count). The molecule has 3 aromatic heterocycles. The molecular weight excluding hydrogens is 395 g/mol. The molecular formula is C23H21FN6O. The van der Waals surface area contributed by atoms with E-state index in [0.717, 1.165) is 11.4 Å². The second-order valence-electron chi connectivity index (χ2n) is 6.81. The summed E-state index contributed by atoms with van der Waals surface area (Å²) in [6, 6.07) is 17.7. The first-order valence-electron chi connectivity index (χ1n) is 9.65. The third-order valence-electron chi connectivity index (χ3n) is 4.66. The summed E-state index contributed by atoms with van der Waals surface area (Å²) in [5, 5.41) is 0. The van der Waals surface area contributed by atoms with Crippen LogP contribution in [0.3, 0.4) is 0 Å². The zero-order valence-electron chi connectivity index (χ0n) is 16.9. The van der Waals surface area contributed by atoms with Crippen molar-refractivity contribution in [2.75, 3.05) is 17.7 Å². The first kappa shape index (κ1) is 20.2. The number of pyridine rings is 2. The normalized spacial score (nSPS) is 10.6. The summed E-state index contributed by atoms with van der Waals surface area (Å²) in [4.78, 5) is 19.5. The minimum Gasteiger partial charge on any atom is -0.497 e. The summed E-state index contributed by atoms with van der Waals surface area (Å²) >= 11 is 0. The Labute approximate surface area is 179 Å². The van der Waals surface area contributed by atoms with E-state index in [4.69, 9.17) is 10.5 Å². The van der Waals surface area contributed by atoms with Crippen LogP contribution in [0.5, 0.6) is 5.75 Å². The van der Waals surface area contributed by atoms with Crippen LogP contribution in [-0.2, 0) is 13.1 Å². The lowest BCUT2D eigenvalue weighted by atomic mass is 10.1. The molecule has 0 aliphatic heterocycles. The van der Waals surface area contributed by atoms with Crippen LogP contribution >= 0.6 is 0 Å². The molecule has 0 aliphatic carbocycles. The van der Waals surface area contributed by atoms with Gasteiger partial charge in [0, 0.05) is 30.1 Å². The van der Waals surface area contributed by atoms with Crippen molar-refractivity contribution < 1.29 is 9.13 Å². The average Bonchev–Trinajstić information content (AvgIpc) is 2.79. The molecule has 0 unspecified atom stereocenters. The highest BCUT2D eigenvalue weighted by Crippen LogP contribution is 2.28. The maximum atomic E-state index is 14.7. The monoisotopic (exact) mass is 416 g/mol. The van der Waals surface area contributed by atoms with Crippen molar-refractivity contribution >= 4 is 11.8 Å². The van der Waals surface area contributed by atoms with E-state index in [-0.39, 0.29) is 5.95 Å². The molecule has 8 heteroatoms. The highest BCUT2D eigenvalue weighted by Gasteiger charge is 2.16. The van der Waals surface area contributed by atoms with E-state index in [1.165, 1.54) is 13.2 Å². The predicted octanol–water partition coefficient (Wildman–Crippen LogP) is 3.87. The largest absolute Gasteiger partial charge is 0.497 e. The van der Waals surface area contributed by atoms with Gasteiger partial charge < -0.3 is 15.4 Å². The van der Waals surface area contributed by atoms with Crippen LogP contribution < -0.4 is 15.4 Å². The van der Waals surface area contributed by atoms with Crippen LogP contribution in [0.4, 0.5) is 16.2 Å². The molecule has 0 fully saturated rings. The smallest absolute Gasteiger partial charge is 0.222 e. The zero-order chi connectivity index (χ0) is 21.6. The van der Waals surface area contributed by atoms with Crippen molar-refractivity contribution in [2.45, 2.75) is 13.1 Å². The van der Waals surface area contributed by atoms with Crippen molar-refractivity contribution in [3.63, 3.8) is 0 Å². The number of nitrogens with two attached hydrogens (primary N) is 1. The minimum atomic E-state index is -0.454. The molecule has 0 atom stereocenters. The second-order valence-corrected chi connectivity index (χ2v) is 6.81. The van der Waals surface area contributed by atoms with Gasteiger partial charge in [-0.1, -0.05) is 12.1 Å². The quantitative estimate of drug-likeness (QED) is 0.489. The van der Waals surface area contributed by atoms with Gasteiger partial charge in [0.2, 0.25) is 5.95 Å². The van der Waals surface area contributed by atoms with E-state index in [9.17, 15) is 4.39 Å². The van der Waals surface area contributed by atoms with E-state index in [0.29, 0.717) is 35.9 Å². The Bertz CT molecular complexity index is 1120. The number of nitrogen functional groups attached to an aromatic ring is 1. The third-order valence-corrected chi connectivity index (χ3v) is 4.66. The van der Waals surface area contributed by atoms with Crippen molar-refractivity contribution in [1.29, 1.82) is 0 Å². The van der Waals surface area contributed by atoms with Crippen LogP contribution in [0.25, 0.3) is 11.3 Å². The van der Waals surface area contributed by atoms with Crippen LogP contribution in [0.1, 0.15) is 11.4 Å². The molecule has 4 aromatic rings. The fourth-order valence-electron chi connectivity index (χ4n) is 3.18. The summed E-state index contributed by atoms with van der Waals surface area (Å²) in [5.41, 5.74) is 8.40. The predicted molar refractivity (Wildman–Crippen MR) is 117 cm³/mol. The van der Waals surface area contributed by atoms with Crippen molar-refractivity contribution in [3.8, 4) is 17.0 Å². The fourth-order valence-corrected chi connectivity index (χ4v) is 3.18. The summed E-state index contributed by atoms with van der Waals surface area (Å²) in [5.74, 6) is 0.573. The fraction of sp³-hybridized carbons (Fsp3) is 0.130. The molecule has 156 valence electrons. The maximum absolute atomic E-state index is 14.7. The first-order chi connectivity index (χ1) is 15.1. The lowest BCUT2D eigenvalue weighted by Crippen LogP contribution is -2.25. The Morgan fingerprint density at radius 2 is 1.58 bits per heavy atom. The molecule has 0 radical (unpaired) electrons. The topological polar surface area (TPSA) is 90.0 Å². The zero-order valence-corrected chi connectivity index (χ0v) is 16.9. The van der Waals surface area contributed by atoms with E-state index < -0.39 is 5.82 Å². The van der Waals surface area contributed by atoms with Crippen LogP contribution in [0.15, 0.2) is 73.1 Å². The van der Waals surface area contributed by atoms with Gasteiger partial charge in [-0.05, 0) is 36.4 Å². The molecule has 0 saturated carbocycles. The third kappa shape index (κ3) is 4.92. The van der Waals surface area contributed by atoms with Gasteiger partial charge in [-0.2, -0.15) is 4.98 Å². The van der Waals surface area contributed by atoms with E-state index in [1.54, 1.807) is 30.6 Å². The van der Waals surface area contributed by atoms with Crippen LogP contribution in [0.2, 0.25) is 0 Å². The molecule has 7 nitrogen and oxygen atoms in total. The first-order valence-corrected chi connectivity index (χ1v) is 9.65. The SMILES string of the molecule is COc1ccc(-c2cc(N(Cc3ccccn3)Cc3ccccn3)nc(N)n2)c(F)c1. The van der Waals surface area contributed by atoms with Crippen molar-refractivity contribution in [3.05, 3.63) is 90.3 Å². The standard InChI is InChI=1S/C23H21FN6O/c1-31-18-8-9-19(20(24)12-18)21-13-22(29-23(25)28-21)30(14-16-6-2-4-10-26-16)15-17-7-3-5-11-27-17/h2-13H,14-15H2,1H3,(H2,25,28,29). The number of hydrogen-bond acceptors (Lipinski definition) is 7. The number of ether oxygens (including phenoxy) is 1. The minimum absolute atomic E-state index is 0.0507. The van der Waals surface area contributed by atoms with Gasteiger partial charge in [0.15, 0.2) is 0 Å². The molecule has 0 bridgehead atoms. The molecule has 0 spiro atoms. The van der Waals surface area contributed by atoms with Gasteiger partial charge in [0.25, 0.3) is 0 Å². The van der Waals surface area contributed by atoms with Gasteiger partial charge >= 0.3 is 0 Å². The molecule has 2 N–H and O–H groups in total. The van der Waals surface area contributed by atoms with Crippen LogP contribution in [-0.4, -0.2) is 27.0 Å². The van der Waals surface area contributed by atoms with Crippen molar-refractivity contribution in [1.82, 2.24) is 19.9 Å². The Kier molecular flexibility index (Phi) is 5.98. The Hall–Kier alpha value is -4.07. The maximum Gasteiger partial charge on any atom is 0.222 e. The van der Waals surface area contributed by atoms with E-state index >= 15 is 0 Å². The molecule has 1 aromatic carbocycles. The summed E-state index contributed by atoms with van der Waals surface area (Å²) in [6.07, 6.45) is 3.47. The Morgan fingerprint density at radius 1 is 0.903 bits per heavy atom. The van der Waals surface area contributed by atoms with Gasteiger partial charge in [-0.25, -0.2) is 9.37 Å². The van der Waals surface area contributed by atoms with Gasteiger partial charge in [0.1, 0.15) is 17.4 Å².